The van der Waals surface area contributed by atoms with Crippen molar-refractivity contribution in [3.8, 4) is 0 Å². The van der Waals surface area contributed by atoms with Gasteiger partial charge >= 0.3 is 0 Å². The number of halogens is 1. The molecular weight excluding hydrogens is 426 g/mol. The van der Waals surface area contributed by atoms with Crippen LogP contribution < -0.4 is 15.5 Å². The number of aromatic nitrogens is 2. The number of benzene rings is 1. The normalized spacial score (nSPS) is 20.8. The van der Waals surface area contributed by atoms with E-state index in [0.717, 1.165) is 18.9 Å². The number of nitrogens with zero attached hydrogens (tertiary/aromatic N) is 3. The molecule has 1 atom stereocenters. The first-order valence-electron chi connectivity index (χ1n) is 11.5. The van der Waals surface area contributed by atoms with Gasteiger partial charge in [0.15, 0.2) is 5.11 Å². The number of rotatable bonds is 5. The summed E-state index contributed by atoms with van der Waals surface area (Å²) in [5, 5.41) is 7.60. The van der Waals surface area contributed by atoms with Crippen LogP contribution in [-0.4, -0.2) is 34.2 Å². The highest BCUT2D eigenvalue weighted by Gasteiger charge is 2.33. The molecule has 4 rings (SSSR count). The maximum Gasteiger partial charge on any atom is 0.232 e. The van der Waals surface area contributed by atoms with Crippen molar-refractivity contribution >= 4 is 40.7 Å². The molecular formula is C24H32ClN5S. The molecule has 1 unspecified atom stereocenters. The van der Waals surface area contributed by atoms with Gasteiger partial charge in [-0.3, -0.25) is 0 Å². The Labute approximate surface area is 196 Å². The van der Waals surface area contributed by atoms with E-state index >= 15 is 0 Å². The predicted molar refractivity (Wildman–Crippen MR) is 133 cm³/mol. The zero-order valence-corrected chi connectivity index (χ0v) is 19.8. The number of piperidine rings is 1. The molecule has 0 amide bonds. The van der Waals surface area contributed by atoms with Gasteiger partial charge < -0.3 is 15.5 Å². The molecule has 2 aliphatic rings. The Bertz CT molecular complexity index is 885. The molecule has 166 valence electrons. The Morgan fingerprint density at radius 1 is 1.13 bits per heavy atom. The van der Waals surface area contributed by atoms with Crippen molar-refractivity contribution in [2.45, 2.75) is 69.7 Å². The number of anilines is 2. The molecule has 5 nitrogen and oxygen atoms in total. The van der Waals surface area contributed by atoms with Crippen LogP contribution in [0.25, 0.3) is 0 Å². The lowest BCUT2D eigenvalue weighted by Gasteiger charge is -2.38. The molecule has 1 aliphatic heterocycles. The maximum absolute atomic E-state index is 6.32. The molecule has 1 aromatic carbocycles. The van der Waals surface area contributed by atoms with Crippen LogP contribution in [0.2, 0.25) is 5.15 Å². The van der Waals surface area contributed by atoms with Crippen LogP contribution in [0.1, 0.15) is 63.9 Å². The maximum atomic E-state index is 6.32. The highest BCUT2D eigenvalue weighted by molar-refractivity contribution is 7.80. The Hall–Kier alpha value is -1.92. The molecule has 0 bridgehead atoms. The zero-order chi connectivity index (χ0) is 21.7. The molecule has 2 fully saturated rings. The van der Waals surface area contributed by atoms with E-state index in [1.165, 1.54) is 56.9 Å². The van der Waals surface area contributed by atoms with Crippen LogP contribution in [0.3, 0.4) is 0 Å². The summed E-state index contributed by atoms with van der Waals surface area (Å²) >= 11 is 11.9. The van der Waals surface area contributed by atoms with E-state index in [1.54, 1.807) is 0 Å². The van der Waals surface area contributed by atoms with Crippen LogP contribution in [0.15, 0.2) is 36.4 Å². The average molecular weight is 458 g/mol. The Balaban J connectivity index is 1.43. The molecule has 0 spiro atoms. The fourth-order valence-electron chi connectivity index (χ4n) is 5.03. The predicted octanol–water partition coefficient (Wildman–Crippen LogP) is 5.70. The summed E-state index contributed by atoms with van der Waals surface area (Å²) in [6, 6.07) is 13.1. The van der Waals surface area contributed by atoms with Gasteiger partial charge in [0.25, 0.3) is 0 Å². The van der Waals surface area contributed by atoms with E-state index in [2.05, 4.69) is 57.8 Å². The number of thiocarbonyl (C=S) groups is 1. The monoisotopic (exact) mass is 457 g/mol. The second kappa shape index (κ2) is 10.1. The average Bonchev–Trinajstić information content (AvgIpc) is 2.79. The summed E-state index contributed by atoms with van der Waals surface area (Å²) in [6.07, 6.45) is 9.79. The number of hydrogen-bond donors (Lipinski definition) is 2. The molecule has 2 N–H and O–H groups in total. The fraction of sp³-hybridized carbons (Fsp3) is 0.542. The second-order valence-corrected chi connectivity index (χ2v) is 9.72. The molecule has 1 aromatic heterocycles. The van der Waals surface area contributed by atoms with Crippen molar-refractivity contribution in [1.82, 2.24) is 15.3 Å². The zero-order valence-electron chi connectivity index (χ0n) is 18.2. The third-order valence-electron chi connectivity index (χ3n) is 6.79. The highest BCUT2D eigenvalue weighted by atomic mass is 35.5. The topological polar surface area (TPSA) is 53.1 Å². The SMILES string of the molecule is CC1CCCCN1c1cc(Cl)nc(NC(=S)NCC2(c3ccccc3)CCCCC2)n1. The van der Waals surface area contributed by atoms with Gasteiger partial charge in [-0.15, -0.1) is 0 Å². The van der Waals surface area contributed by atoms with Crippen molar-refractivity contribution in [2.24, 2.45) is 0 Å². The van der Waals surface area contributed by atoms with Gasteiger partial charge in [0.1, 0.15) is 11.0 Å². The largest absolute Gasteiger partial charge is 0.361 e. The standard InChI is InChI=1S/C24H32ClN5S/c1-18-10-6-9-15-30(18)21-16-20(25)27-22(28-21)29-23(31)26-17-24(13-7-3-8-14-24)19-11-4-2-5-12-19/h2,4-5,11-12,16,18H,3,6-10,13-15,17H2,1H3,(H2,26,27,28,29,31). The quantitative estimate of drug-likeness (QED) is 0.443. The summed E-state index contributed by atoms with van der Waals surface area (Å²) in [4.78, 5) is 11.4. The molecule has 2 heterocycles. The van der Waals surface area contributed by atoms with Crippen molar-refractivity contribution < 1.29 is 0 Å². The first-order chi connectivity index (χ1) is 15.1. The molecule has 1 saturated heterocycles. The van der Waals surface area contributed by atoms with Gasteiger partial charge in [0, 0.05) is 30.6 Å². The number of nitrogens with one attached hydrogen (secondary N) is 2. The first-order valence-corrected chi connectivity index (χ1v) is 12.3. The van der Waals surface area contributed by atoms with Gasteiger partial charge in [-0.05, 0) is 56.8 Å². The van der Waals surface area contributed by atoms with E-state index in [1.807, 2.05) is 6.07 Å². The van der Waals surface area contributed by atoms with Crippen LogP contribution in [0, 0.1) is 0 Å². The lowest BCUT2D eigenvalue weighted by molar-refractivity contribution is 0.292. The number of hydrogen-bond acceptors (Lipinski definition) is 4. The lowest BCUT2D eigenvalue weighted by atomic mass is 9.69. The van der Waals surface area contributed by atoms with Crippen LogP contribution in [0.5, 0.6) is 0 Å². The second-order valence-electron chi connectivity index (χ2n) is 8.93. The summed E-state index contributed by atoms with van der Waals surface area (Å²) in [5.74, 6) is 1.32. The van der Waals surface area contributed by atoms with Crippen LogP contribution >= 0.6 is 23.8 Å². The minimum atomic E-state index is 0.120. The Morgan fingerprint density at radius 3 is 2.65 bits per heavy atom. The summed E-state index contributed by atoms with van der Waals surface area (Å²) in [5.41, 5.74) is 1.51. The molecule has 0 radical (unpaired) electrons. The molecule has 7 heteroatoms. The van der Waals surface area contributed by atoms with Gasteiger partial charge in [0.2, 0.25) is 5.95 Å². The summed E-state index contributed by atoms with van der Waals surface area (Å²) < 4.78 is 0. The highest BCUT2D eigenvalue weighted by Crippen LogP contribution is 2.39. The van der Waals surface area contributed by atoms with Gasteiger partial charge in [-0.25, -0.2) is 4.98 Å². The van der Waals surface area contributed by atoms with Crippen LogP contribution in [-0.2, 0) is 5.41 Å². The Kier molecular flexibility index (Phi) is 7.28. The van der Waals surface area contributed by atoms with Gasteiger partial charge in [-0.2, -0.15) is 4.98 Å². The molecule has 1 aliphatic carbocycles. The van der Waals surface area contributed by atoms with E-state index in [0.29, 0.717) is 22.3 Å². The van der Waals surface area contributed by atoms with E-state index < -0.39 is 0 Å². The summed E-state index contributed by atoms with van der Waals surface area (Å²) in [7, 11) is 0. The molecule has 2 aromatic rings. The summed E-state index contributed by atoms with van der Waals surface area (Å²) in [6.45, 7) is 4.04. The lowest BCUT2D eigenvalue weighted by Crippen LogP contribution is -2.43. The van der Waals surface area contributed by atoms with Crippen molar-refractivity contribution in [2.75, 3.05) is 23.3 Å². The van der Waals surface area contributed by atoms with Gasteiger partial charge in [0.05, 0.1) is 0 Å². The van der Waals surface area contributed by atoms with E-state index in [9.17, 15) is 0 Å². The first kappa shape index (κ1) is 22.3. The van der Waals surface area contributed by atoms with Crippen LogP contribution in [0.4, 0.5) is 11.8 Å². The van der Waals surface area contributed by atoms with Crippen molar-refractivity contribution in [1.29, 1.82) is 0 Å². The third kappa shape index (κ3) is 5.47. The minimum Gasteiger partial charge on any atom is -0.361 e. The van der Waals surface area contributed by atoms with Crippen molar-refractivity contribution in [3.05, 3.63) is 47.1 Å². The van der Waals surface area contributed by atoms with Gasteiger partial charge in [-0.1, -0.05) is 61.2 Å². The van der Waals surface area contributed by atoms with Crippen molar-refractivity contribution in [3.63, 3.8) is 0 Å². The Morgan fingerprint density at radius 2 is 1.90 bits per heavy atom. The molecule has 31 heavy (non-hydrogen) atoms. The smallest absolute Gasteiger partial charge is 0.232 e. The van der Waals surface area contributed by atoms with E-state index in [4.69, 9.17) is 28.8 Å². The minimum absolute atomic E-state index is 0.120. The third-order valence-corrected chi connectivity index (χ3v) is 7.23. The van der Waals surface area contributed by atoms with E-state index in [-0.39, 0.29) is 5.41 Å². The fourth-order valence-corrected chi connectivity index (χ4v) is 5.37. The molecule has 1 saturated carbocycles.